The van der Waals surface area contributed by atoms with Gasteiger partial charge in [0, 0.05) is 25.3 Å². The molecule has 1 saturated heterocycles. The normalized spacial score (nSPS) is 25.9. The largest absolute Gasteiger partial charge is 0.467 e. The van der Waals surface area contributed by atoms with Gasteiger partial charge >= 0.3 is 0 Å². The predicted octanol–water partition coefficient (Wildman–Crippen LogP) is 3.24. The fourth-order valence-electron chi connectivity index (χ4n) is 4.12. The lowest BCUT2D eigenvalue weighted by Crippen LogP contribution is -2.72. The summed E-state index contributed by atoms with van der Waals surface area (Å²) in [5.74, 6) is 0.339. The first-order chi connectivity index (χ1) is 12.8. The van der Waals surface area contributed by atoms with Gasteiger partial charge in [0.25, 0.3) is 0 Å². The molecule has 2 aromatic carbocycles. The Labute approximate surface area is 164 Å². The summed E-state index contributed by atoms with van der Waals surface area (Å²) in [5.41, 5.74) is 2.05. The van der Waals surface area contributed by atoms with Gasteiger partial charge in [-0.15, -0.1) is 0 Å². The van der Waals surface area contributed by atoms with E-state index in [9.17, 15) is 4.79 Å². The molecule has 3 atom stereocenters. The molecule has 2 aliphatic rings. The van der Waals surface area contributed by atoms with E-state index in [1.54, 1.807) is 19.0 Å². The van der Waals surface area contributed by atoms with E-state index in [1.807, 2.05) is 61.2 Å². The Hall–Kier alpha value is -2.60. The fraction of sp³-hybridized carbons (Fsp3) is 0.333. The van der Waals surface area contributed by atoms with Gasteiger partial charge in [-0.25, -0.2) is 0 Å². The molecule has 5 nitrogen and oxygen atoms in total. The number of nitrogens with zero attached hydrogens (tertiary/aromatic N) is 2. The number of nitrogens with one attached hydrogen (secondary N) is 1. The van der Waals surface area contributed by atoms with Gasteiger partial charge in [-0.3, -0.25) is 9.69 Å². The second kappa shape index (κ2) is 6.23. The van der Waals surface area contributed by atoms with Crippen LogP contribution >= 0.6 is 12.2 Å². The number of amides is 1. The lowest BCUT2D eigenvalue weighted by Gasteiger charge is -2.56. The second-order valence-corrected chi connectivity index (χ2v) is 7.89. The lowest BCUT2D eigenvalue weighted by molar-refractivity contribution is -0.144. The van der Waals surface area contributed by atoms with Crippen molar-refractivity contribution in [1.29, 1.82) is 0 Å². The average molecular weight is 382 g/mol. The Morgan fingerprint density at radius 3 is 2.59 bits per heavy atom. The predicted molar refractivity (Wildman–Crippen MR) is 110 cm³/mol. The molecule has 0 spiro atoms. The molecular weight excluding hydrogens is 358 g/mol. The summed E-state index contributed by atoms with van der Waals surface area (Å²) < 4.78 is 6.52. The summed E-state index contributed by atoms with van der Waals surface area (Å²) in [6.45, 7) is 3.99. The van der Waals surface area contributed by atoms with Crippen LogP contribution in [0.1, 0.15) is 24.1 Å². The first-order valence-corrected chi connectivity index (χ1v) is 9.40. The van der Waals surface area contributed by atoms with E-state index in [0.29, 0.717) is 5.11 Å². The lowest BCUT2D eigenvalue weighted by atomic mass is 9.78. The summed E-state index contributed by atoms with van der Waals surface area (Å²) in [4.78, 5) is 16.8. The van der Waals surface area contributed by atoms with Crippen molar-refractivity contribution < 1.29 is 9.53 Å². The molecule has 1 fully saturated rings. The minimum absolute atomic E-state index is 0.00517. The number of rotatable bonds is 2. The van der Waals surface area contributed by atoms with Crippen LogP contribution in [-0.4, -0.2) is 35.7 Å². The number of fused-ring (bicyclic) bond motifs is 4. The van der Waals surface area contributed by atoms with Crippen LogP contribution < -0.4 is 15.0 Å². The first-order valence-electron chi connectivity index (χ1n) is 8.99. The highest BCUT2D eigenvalue weighted by Crippen LogP contribution is 2.50. The van der Waals surface area contributed by atoms with Crippen molar-refractivity contribution in [2.24, 2.45) is 5.92 Å². The molecule has 4 rings (SSSR count). The van der Waals surface area contributed by atoms with Crippen LogP contribution in [-0.2, 0) is 4.79 Å². The van der Waals surface area contributed by atoms with Crippen LogP contribution in [0.15, 0.2) is 48.5 Å². The van der Waals surface area contributed by atoms with E-state index in [4.69, 9.17) is 17.0 Å². The van der Waals surface area contributed by atoms with E-state index in [0.717, 1.165) is 22.6 Å². The number of anilines is 1. The number of carbonyl (C=O) groups excluding carboxylic acids is 1. The minimum Gasteiger partial charge on any atom is -0.467 e. The number of carbonyl (C=O) groups is 1. The molecule has 0 saturated carbocycles. The molecule has 0 unspecified atom stereocenters. The molecule has 2 heterocycles. The summed E-state index contributed by atoms with van der Waals surface area (Å²) in [6.07, 6.45) is 0. The Balaban J connectivity index is 1.93. The molecule has 1 N–H and O–H groups in total. The molecule has 0 aromatic heterocycles. The zero-order chi connectivity index (χ0) is 19.3. The molecule has 2 bridgehead atoms. The smallest absolute Gasteiger partial charge is 0.233 e. The van der Waals surface area contributed by atoms with Gasteiger partial charge < -0.3 is 15.0 Å². The Morgan fingerprint density at radius 1 is 1.22 bits per heavy atom. The topological polar surface area (TPSA) is 44.8 Å². The van der Waals surface area contributed by atoms with E-state index in [-0.39, 0.29) is 11.9 Å². The molecule has 2 aliphatic heterocycles. The fourth-order valence-corrected chi connectivity index (χ4v) is 4.54. The zero-order valence-corrected chi connectivity index (χ0v) is 16.7. The number of hydrogen-bond acceptors (Lipinski definition) is 3. The van der Waals surface area contributed by atoms with E-state index >= 15 is 0 Å². The molecule has 1 amide bonds. The SMILES string of the molecule is Cc1ccc2c(c1)[C@H]1NC(=S)N(c3ccccc3)[C@@](C)(O2)[C@@H]1C(=O)N(C)C. The number of aryl methyl sites for hydroxylation is 1. The summed E-state index contributed by atoms with van der Waals surface area (Å²) in [5, 5.41) is 3.98. The van der Waals surface area contributed by atoms with Crippen molar-refractivity contribution >= 4 is 28.9 Å². The molecule has 6 heteroatoms. The third kappa shape index (κ3) is 2.67. The second-order valence-electron chi connectivity index (χ2n) is 7.51. The van der Waals surface area contributed by atoms with Crippen LogP contribution in [0, 0.1) is 12.8 Å². The number of thiocarbonyl (C=S) groups is 1. The zero-order valence-electron chi connectivity index (χ0n) is 15.9. The molecule has 140 valence electrons. The maximum Gasteiger partial charge on any atom is 0.233 e. The van der Waals surface area contributed by atoms with Crippen LogP contribution in [0.3, 0.4) is 0 Å². The standard InChI is InChI=1S/C21H23N3O2S/c1-13-10-11-16-15(12-13)18-17(19(25)23(3)4)21(2,26-16)24(20(27)22-18)14-8-6-5-7-9-14/h5-12,17-18H,1-4H3,(H,22,27)/t17-,18+,21-/m0/s1. The van der Waals surface area contributed by atoms with Gasteiger partial charge in [-0.05, 0) is 44.3 Å². The number of ether oxygens (including phenoxy) is 1. The van der Waals surface area contributed by atoms with Crippen molar-refractivity contribution in [2.75, 3.05) is 19.0 Å². The van der Waals surface area contributed by atoms with Crippen molar-refractivity contribution in [1.82, 2.24) is 10.2 Å². The van der Waals surface area contributed by atoms with Crippen molar-refractivity contribution in [3.63, 3.8) is 0 Å². The Kier molecular flexibility index (Phi) is 4.11. The van der Waals surface area contributed by atoms with Crippen molar-refractivity contribution in [2.45, 2.75) is 25.6 Å². The van der Waals surface area contributed by atoms with Crippen LogP contribution in [0.25, 0.3) is 0 Å². The monoisotopic (exact) mass is 381 g/mol. The first kappa shape index (κ1) is 17.8. The van der Waals surface area contributed by atoms with Crippen LogP contribution in [0.4, 0.5) is 5.69 Å². The summed E-state index contributed by atoms with van der Waals surface area (Å²) >= 11 is 5.71. The summed E-state index contributed by atoms with van der Waals surface area (Å²) in [6, 6.07) is 15.7. The number of hydrogen-bond donors (Lipinski definition) is 1. The van der Waals surface area contributed by atoms with Crippen molar-refractivity contribution in [3.05, 3.63) is 59.7 Å². The third-order valence-electron chi connectivity index (χ3n) is 5.37. The van der Waals surface area contributed by atoms with Gasteiger partial charge in [0.05, 0.1) is 6.04 Å². The quantitative estimate of drug-likeness (QED) is 0.809. The van der Waals surface area contributed by atoms with Gasteiger partial charge in [0.2, 0.25) is 5.91 Å². The maximum atomic E-state index is 13.2. The number of para-hydroxylation sites is 1. The van der Waals surface area contributed by atoms with Crippen LogP contribution in [0.5, 0.6) is 5.75 Å². The Morgan fingerprint density at radius 2 is 1.93 bits per heavy atom. The van der Waals surface area contributed by atoms with Crippen LogP contribution in [0.2, 0.25) is 0 Å². The maximum absolute atomic E-state index is 13.2. The molecule has 27 heavy (non-hydrogen) atoms. The average Bonchev–Trinajstić information content (AvgIpc) is 2.62. The highest BCUT2D eigenvalue weighted by Gasteiger charge is 2.59. The molecule has 0 radical (unpaired) electrons. The summed E-state index contributed by atoms with van der Waals surface area (Å²) in [7, 11) is 3.55. The van der Waals surface area contributed by atoms with Crippen molar-refractivity contribution in [3.8, 4) is 5.75 Å². The van der Waals surface area contributed by atoms with E-state index in [1.165, 1.54) is 0 Å². The van der Waals surface area contributed by atoms with E-state index in [2.05, 4.69) is 11.4 Å². The van der Waals surface area contributed by atoms with Gasteiger partial charge in [0.1, 0.15) is 11.7 Å². The Bertz CT molecular complexity index is 915. The highest BCUT2D eigenvalue weighted by molar-refractivity contribution is 7.80. The van der Waals surface area contributed by atoms with Gasteiger partial charge in [-0.2, -0.15) is 0 Å². The number of benzene rings is 2. The highest BCUT2D eigenvalue weighted by atomic mass is 32.1. The molecule has 0 aliphatic carbocycles. The molecule has 2 aromatic rings. The third-order valence-corrected chi connectivity index (χ3v) is 5.68. The minimum atomic E-state index is -0.933. The van der Waals surface area contributed by atoms with Gasteiger partial charge in [-0.1, -0.05) is 35.9 Å². The van der Waals surface area contributed by atoms with E-state index < -0.39 is 11.6 Å². The molecular formula is C21H23N3O2S. The van der Waals surface area contributed by atoms with Gasteiger partial charge in [0.15, 0.2) is 10.8 Å².